The third-order valence-corrected chi connectivity index (χ3v) is 3.16. The van der Waals surface area contributed by atoms with E-state index in [0.717, 1.165) is 16.6 Å². The van der Waals surface area contributed by atoms with Crippen molar-refractivity contribution < 1.29 is 14.3 Å². The van der Waals surface area contributed by atoms with Gasteiger partial charge >= 0.3 is 5.97 Å². The van der Waals surface area contributed by atoms with Gasteiger partial charge in [-0.1, -0.05) is 25.1 Å². The molecule has 2 rings (SSSR count). The summed E-state index contributed by atoms with van der Waals surface area (Å²) < 4.78 is 10.5. The second-order valence-electron chi connectivity index (χ2n) is 4.72. The zero-order valence-electron chi connectivity index (χ0n) is 12.6. The summed E-state index contributed by atoms with van der Waals surface area (Å²) in [6.45, 7) is 4.73. The number of fused-ring (bicyclic) bond motifs is 1. The van der Waals surface area contributed by atoms with E-state index >= 15 is 0 Å². The number of carbonyl (C=O) groups excluding carboxylic acids is 1. The molecule has 0 aliphatic heterocycles. The summed E-state index contributed by atoms with van der Waals surface area (Å²) in [5.74, 6) is 0.337. The molecule has 1 atom stereocenters. The van der Waals surface area contributed by atoms with Gasteiger partial charge in [0.25, 0.3) is 0 Å². The molecule has 0 saturated heterocycles. The van der Waals surface area contributed by atoms with E-state index in [4.69, 9.17) is 9.47 Å². The molecule has 0 bridgehead atoms. The highest BCUT2D eigenvalue weighted by Gasteiger charge is 2.19. The number of likely N-dealkylation sites (N-methyl/N-ethyl adjacent to an activating group) is 1. The molecule has 0 radical (unpaired) electrons. The van der Waals surface area contributed by atoms with E-state index in [-0.39, 0.29) is 12.6 Å². The quantitative estimate of drug-likeness (QED) is 0.825. The van der Waals surface area contributed by atoms with Gasteiger partial charge in [0.2, 0.25) is 0 Å². The first-order valence-corrected chi connectivity index (χ1v) is 6.96. The fraction of sp³-hybridized carbons (Fsp3) is 0.375. The molecular weight excluding hydrogens is 268 g/mol. The largest absolute Gasteiger partial charge is 0.489 e. The monoisotopic (exact) mass is 288 g/mol. The van der Waals surface area contributed by atoms with Crippen LogP contribution in [0.3, 0.4) is 0 Å². The van der Waals surface area contributed by atoms with Crippen LogP contribution in [0.1, 0.15) is 12.6 Å². The predicted molar refractivity (Wildman–Crippen MR) is 81.5 cm³/mol. The topological polar surface area (TPSA) is 60.5 Å². The SMILES string of the molecule is CCNC(COc1cccc2ccc(C)nc12)C(=O)OC. The van der Waals surface area contributed by atoms with Crippen molar-refractivity contribution in [2.45, 2.75) is 19.9 Å². The second-order valence-corrected chi connectivity index (χ2v) is 4.72. The fourth-order valence-corrected chi connectivity index (χ4v) is 2.11. The molecule has 1 aromatic heterocycles. The first-order chi connectivity index (χ1) is 10.2. The molecule has 0 fully saturated rings. The molecule has 0 aliphatic rings. The molecule has 0 aliphatic carbocycles. The Morgan fingerprint density at radius 1 is 1.33 bits per heavy atom. The maximum Gasteiger partial charge on any atom is 0.326 e. The van der Waals surface area contributed by atoms with Crippen molar-refractivity contribution in [2.75, 3.05) is 20.3 Å². The van der Waals surface area contributed by atoms with Crippen molar-refractivity contribution in [3.05, 3.63) is 36.0 Å². The molecule has 1 heterocycles. The van der Waals surface area contributed by atoms with Gasteiger partial charge in [0.1, 0.15) is 23.9 Å². The Hall–Kier alpha value is -2.14. The van der Waals surface area contributed by atoms with Gasteiger partial charge in [-0.05, 0) is 25.6 Å². The number of esters is 1. The number of rotatable bonds is 6. The van der Waals surface area contributed by atoms with E-state index in [2.05, 4.69) is 10.3 Å². The van der Waals surface area contributed by atoms with Crippen LogP contribution in [0.2, 0.25) is 0 Å². The van der Waals surface area contributed by atoms with Gasteiger partial charge in [-0.25, -0.2) is 4.98 Å². The van der Waals surface area contributed by atoms with E-state index in [1.165, 1.54) is 7.11 Å². The van der Waals surface area contributed by atoms with E-state index < -0.39 is 6.04 Å². The number of pyridine rings is 1. The highest BCUT2D eigenvalue weighted by atomic mass is 16.5. The molecule has 0 amide bonds. The second kappa shape index (κ2) is 7.04. The van der Waals surface area contributed by atoms with Crippen molar-refractivity contribution >= 4 is 16.9 Å². The Kier molecular flexibility index (Phi) is 5.11. The van der Waals surface area contributed by atoms with Crippen LogP contribution in [0.5, 0.6) is 5.75 Å². The zero-order chi connectivity index (χ0) is 15.2. The average molecular weight is 288 g/mol. The molecule has 0 spiro atoms. The zero-order valence-corrected chi connectivity index (χ0v) is 12.6. The molecule has 0 saturated carbocycles. The van der Waals surface area contributed by atoms with Crippen molar-refractivity contribution in [1.29, 1.82) is 0 Å². The highest BCUT2D eigenvalue weighted by molar-refractivity contribution is 5.84. The van der Waals surface area contributed by atoms with Crippen LogP contribution in [0.4, 0.5) is 0 Å². The van der Waals surface area contributed by atoms with Gasteiger partial charge in [-0.3, -0.25) is 4.79 Å². The summed E-state index contributed by atoms with van der Waals surface area (Å²) in [5, 5.41) is 4.05. The van der Waals surface area contributed by atoms with Gasteiger partial charge in [0.05, 0.1) is 7.11 Å². The summed E-state index contributed by atoms with van der Waals surface area (Å²) in [4.78, 5) is 16.2. The highest BCUT2D eigenvalue weighted by Crippen LogP contribution is 2.24. The van der Waals surface area contributed by atoms with Gasteiger partial charge in [-0.15, -0.1) is 0 Å². The number of nitrogens with one attached hydrogen (secondary N) is 1. The van der Waals surface area contributed by atoms with Gasteiger partial charge in [0, 0.05) is 11.1 Å². The number of para-hydroxylation sites is 1. The molecule has 2 aromatic rings. The lowest BCUT2D eigenvalue weighted by Gasteiger charge is -2.16. The molecule has 1 unspecified atom stereocenters. The Balaban J connectivity index is 2.19. The molecule has 112 valence electrons. The summed E-state index contributed by atoms with van der Waals surface area (Å²) in [5.41, 5.74) is 1.73. The fourth-order valence-electron chi connectivity index (χ4n) is 2.11. The first-order valence-electron chi connectivity index (χ1n) is 6.96. The molecular formula is C16H20N2O3. The van der Waals surface area contributed by atoms with Gasteiger partial charge in [-0.2, -0.15) is 0 Å². The Morgan fingerprint density at radius 2 is 2.14 bits per heavy atom. The van der Waals surface area contributed by atoms with Crippen LogP contribution >= 0.6 is 0 Å². The van der Waals surface area contributed by atoms with E-state index in [1.54, 1.807) is 0 Å². The van der Waals surface area contributed by atoms with Gasteiger partial charge in [0.15, 0.2) is 0 Å². The minimum Gasteiger partial charge on any atom is -0.489 e. The number of aryl methyl sites for hydroxylation is 1. The molecule has 1 N–H and O–H groups in total. The van der Waals surface area contributed by atoms with Crippen molar-refractivity contribution in [3.8, 4) is 5.75 Å². The summed E-state index contributed by atoms with van der Waals surface area (Å²) in [7, 11) is 1.37. The third kappa shape index (κ3) is 3.70. The summed E-state index contributed by atoms with van der Waals surface area (Å²) in [6, 6.07) is 9.23. The Morgan fingerprint density at radius 3 is 2.86 bits per heavy atom. The van der Waals surface area contributed by atoms with Crippen molar-refractivity contribution in [1.82, 2.24) is 10.3 Å². The van der Waals surface area contributed by atoms with Crippen molar-refractivity contribution in [2.24, 2.45) is 0 Å². The molecule has 5 heteroatoms. The van der Waals surface area contributed by atoms with Crippen LogP contribution in [0.15, 0.2) is 30.3 Å². The van der Waals surface area contributed by atoms with E-state index in [9.17, 15) is 4.79 Å². The van der Waals surface area contributed by atoms with Crippen molar-refractivity contribution in [3.63, 3.8) is 0 Å². The minimum atomic E-state index is -0.486. The minimum absolute atomic E-state index is 0.204. The lowest BCUT2D eigenvalue weighted by atomic mass is 10.2. The number of nitrogens with zero attached hydrogens (tertiary/aromatic N) is 1. The third-order valence-electron chi connectivity index (χ3n) is 3.16. The number of hydrogen-bond acceptors (Lipinski definition) is 5. The molecule has 21 heavy (non-hydrogen) atoms. The standard InChI is InChI=1S/C16H20N2O3/c1-4-17-13(16(19)20-3)10-21-14-7-5-6-12-9-8-11(2)18-15(12)14/h5-9,13,17H,4,10H2,1-3H3. The number of hydrogen-bond donors (Lipinski definition) is 1. The van der Waals surface area contributed by atoms with Crippen LogP contribution in [-0.2, 0) is 9.53 Å². The Bertz CT molecular complexity index is 628. The van der Waals surface area contributed by atoms with Crippen LogP contribution < -0.4 is 10.1 Å². The normalized spacial score (nSPS) is 12.1. The molecule has 1 aromatic carbocycles. The number of methoxy groups -OCH3 is 1. The van der Waals surface area contributed by atoms with Crippen LogP contribution in [-0.4, -0.2) is 37.3 Å². The lowest BCUT2D eigenvalue weighted by molar-refractivity contribution is -0.143. The average Bonchev–Trinajstić information content (AvgIpc) is 2.50. The Labute approximate surface area is 124 Å². The van der Waals surface area contributed by atoms with E-state index in [1.807, 2.05) is 44.2 Å². The van der Waals surface area contributed by atoms with Crippen LogP contribution in [0.25, 0.3) is 10.9 Å². The summed E-state index contributed by atoms with van der Waals surface area (Å²) in [6.07, 6.45) is 0. The first kappa shape index (κ1) is 15.3. The smallest absolute Gasteiger partial charge is 0.326 e. The maximum absolute atomic E-state index is 11.7. The van der Waals surface area contributed by atoms with E-state index in [0.29, 0.717) is 12.3 Å². The van der Waals surface area contributed by atoms with Gasteiger partial charge < -0.3 is 14.8 Å². The molecule has 5 nitrogen and oxygen atoms in total. The maximum atomic E-state index is 11.7. The lowest BCUT2D eigenvalue weighted by Crippen LogP contribution is -2.42. The number of benzene rings is 1. The number of carbonyl (C=O) groups is 1. The number of aromatic nitrogens is 1. The predicted octanol–water partition coefficient (Wildman–Crippen LogP) is 2.07. The van der Waals surface area contributed by atoms with Crippen LogP contribution in [0, 0.1) is 6.92 Å². The summed E-state index contributed by atoms with van der Waals surface area (Å²) >= 11 is 0. The number of ether oxygens (including phenoxy) is 2.